The number of nitrogens with zero attached hydrogens (tertiary/aromatic N) is 3. The lowest BCUT2D eigenvalue weighted by atomic mass is 10.1. The molecule has 0 bridgehead atoms. The minimum absolute atomic E-state index is 0.0943. The first-order chi connectivity index (χ1) is 15.1. The molecule has 1 aromatic heterocycles. The van der Waals surface area contributed by atoms with Crippen molar-refractivity contribution in [2.75, 3.05) is 39.4 Å². The summed E-state index contributed by atoms with van der Waals surface area (Å²) in [5, 5.41) is 9.51. The number of rotatable bonds is 7. The van der Waals surface area contributed by atoms with Crippen LogP contribution in [-0.2, 0) is 16.1 Å². The normalized spacial score (nSPS) is 14.6. The first-order valence-electron chi connectivity index (χ1n) is 10.4. The molecule has 1 aliphatic rings. The lowest BCUT2D eigenvalue weighted by molar-refractivity contribution is -0.121. The number of aromatic nitrogens is 2. The van der Waals surface area contributed by atoms with E-state index in [0.717, 1.165) is 43.8 Å². The van der Waals surface area contributed by atoms with E-state index in [4.69, 9.17) is 16.3 Å². The Bertz CT molecular complexity index is 1110. The maximum Gasteiger partial charge on any atom is 0.274 e. The Kier molecular flexibility index (Phi) is 6.96. The molecule has 3 aromatic rings. The van der Waals surface area contributed by atoms with E-state index in [1.54, 1.807) is 18.2 Å². The van der Waals surface area contributed by atoms with E-state index >= 15 is 0 Å². The van der Waals surface area contributed by atoms with Gasteiger partial charge in [0.25, 0.3) is 5.56 Å². The Morgan fingerprint density at radius 1 is 1.03 bits per heavy atom. The lowest BCUT2D eigenvalue weighted by Crippen LogP contribution is -2.41. The summed E-state index contributed by atoms with van der Waals surface area (Å²) in [4.78, 5) is 27.5. The predicted octanol–water partition coefficient (Wildman–Crippen LogP) is 2.56. The fourth-order valence-corrected chi connectivity index (χ4v) is 3.81. The fourth-order valence-electron chi connectivity index (χ4n) is 3.68. The molecule has 1 aliphatic heterocycles. The zero-order valence-corrected chi connectivity index (χ0v) is 18.0. The number of aryl methyl sites for hydroxylation is 1. The van der Waals surface area contributed by atoms with Gasteiger partial charge in [-0.1, -0.05) is 41.9 Å². The van der Waals surface area contributed by atoms with Gasteiger partial charge < -0.3 is 10.1 Å². The number of hydrogen-bond donors (Lipinski definition) is 1. The molecule has 8 heteroatoms. The minimum atomic E-state index is -0.200. The van der Waals surface area contributed by atoms with Gasteiger partial charge in [0.2, 0.25) is 5.91 Å². The Balaban J connectivity index is 1.47. The average molecular weight is 441 g/mol. The summed E-state index contributed by atoms with van der Waals surface area (Å²) in [7, 11) is 0. The van der Waals surface area contributed by atoms with Crippen molar-refractivity contribution in [1.29, 1.82) is 0 Å². The highest BCUT2D eigenvalue weighted by Gasteiger charge is 2.14. The van der Waals surface area contributed by atoms with E-state index in [2.05, 4.69) is 15.3 Å². The zero-order chi connectivity index (χ0) is 21.6. The van der Waals surface area contributed by atoms with Crippen molar-refractivity contribution in [3.05, 3.63) is 63.9 Å². The maximum atomic E-state index is 12.9. The molecule has 0 radical (unpaired) electrons. The fraction of sp³-hybridized carbons (Fsp3) is 0.348. The van der Waals surface area contributed by atoms with Crippen LogP contribution in [0.2, 0.25) is 5.02 Å². The summed E-state index contributed by atoms with van der Waals surface area (Å²) < 4.78 is 6.71. The minimum Gasteiger partial charge on any atom is -0.379 e. The number of carbonyl (C=O) groups excluding carboxylic acids is 1. The van der Waals surface area contributed by atoms with Crippen LogP contribution in [0, 0.1) is 0 Å². The summed E-state index contributed by atoms with van der Waals surface area (Å²) in [5.74, 6) is -0.0943. The van der Waals surface area contributed by atoms with Gasteiger partial charge in [0.1, 0.15) is 0 Å². The van der Waals surface area contributed by atoms with E-state index in [9.17, 15) is 9.59 Å². The molecular weight excluding hydrogens is 416 g/mol. The number of morpholine rings is 1. The van der Waals surface area contributed by atoms with Crippen molar-refractivity contribution in [2.24, 2.45) is 0 Å². The van der Waals surface area contributed by atoms with E-state index < -0.39 is 0 Å². The summed E-state index contributed by atoms with van der Waals surface area (Å²) in [6, 6.07) is 14.7. The van der Waals surface area contributed by atoms with Gasteiger partial charge in [-0.3, -0.25) is 14.5 Å². The summed E-state index contributed by atoms with van der Waals surface area (Å²) >= 11 is 6.02. The van der Waals surface area contributed by atoms with Crippen LogP contribution in [0.15, 0.2) is 53.3 Å². The van der Waals surface area contributed by atoms with Crippen LogP contribution in [0.25, 0.3) is 22.0 Å². The molecule has 2 aromatic carbocycles. The number of ether oxygens (including phenoxy) is 1. The topological polar surface area (TPSA) is 76.5 Å². The Hall–Kier alpha value is -2.74. The third kappa shape index (κ3) is 5.31. The van der Waals surface area contributed by atoms with Crippen molar-refractivity contribution in [3.63, 3.8) is 0 Å². The summed E-state index contributed by atoms with van der Waals surface area (Å²) in [6.45, 7) is 4.84. The third-order valence-corrected chi connectivity index (χ3v) is 5.64. The number of halogens is 1. The molecule has 162 valence electrons. The number of carbonyl (C=O) groups is 1. The molecule has 0 atom stereocenters. The SMILES string of the molecule is O=C(CCn1nc(-c2ccc(Cl)cc2)c2ccccc2c1=O)NCCN1CCOCC1. The maximum absolute atomic E-state index is 12.9. The van der Waals surface area contributed by atoms with Gasteiger partial charge in [-0.15, -0.1) is 0 Å². The average Bonchev–Trinajstić information content (AvgIpc) is 2.80. The van der Waals surface area contributed by atoms with Gasteiger partial charge >= 0.3 is 0 Å². The van der Waals surface area contributed by atoms with Crippen molar-refractivity contribution in [1.82, 2.24) is 20.0 Å². The van der Waals surface area contributed by atoms with Crippen LogP contribution in [0.1, 0.15) is 6.42 Å². The number of benzene rings is 2. The van der Waals surface area contributed by atoms with Crippen LogP contribution < -0.4 is 10.9 Å². The number of hydrogen-bond acceptors (Lipinski definition) is 5. The van der Waals surface area contributed by atoms with Crippen LogP contribution in [0.5, 0.6) is 0 Å². The number of amides is 1. The van der Waals surface area contributed by atoms with Crippen molar-refractivity contribution >= 4 is 28.3 Å². The second-order valence-electron chi connectivity index (χ2n) is 7.48. The number of nitrogens with one attached hydrogen (secondary N) is 1. The van der Waals surface area contributed by atoms with E-state index in [1.165, 1.54) is 4.68 Å². The third-order valence-electron chi connectivity index (χ3n) is 5.39. The standard InChI is InChI=1S/C23H25ClN4O3/c24-18-7-5-17(6-8-18)22-19-3-1-2-4-20(19)23(30)28(26-22)11-9-21(29)25-10-12-27-13-15-31-16-14-27/h1-8H,9-16H2,(H,25,29). The van der Waals surface area contributed by atoms with Gasteiger partial charge in [0, 0.05) is 48.6 Å². The summed E-state index contributed by atoms with van der Waals surface area (Å²) in [5.41, 5.74) is 1.36. The van der Waals surface area contributed by atoms with E-state index in [1.807, 2.05) is 30.3 Å². The van der Waals surface area contributed by atoms with Gasteiger partial charge in [0.15, 0.2) is 0 Å². The first kappa shape index (κ1) is 21.5. The van der Waals surface area contributed by atoms with Crippen LogP contribution in [0.4, 0.5) is 0 Å². The van der Waals surface area contributed by atoms with Gasteiger partial charge in [-0.25, -0.2) is 4.68 Å². The highest BCUT2D eigenvalue weighted by molar-refractivity contribution is 6.30. The molecule has 0 aliphatic carbocycles. The predicted molar refractivity (Wildman–Crippen MR) is 121 cm³/mol. The Morgan fingerprint density at radius 2 is 1.74 bits per heavy atom. The van der Waals surface area contributed by atoms with Crippen LogP contribution in [-0.4, -0.2) is 60.0 Å². The molecule has 0 saturated carbocycles. The van der Waals surface area contributed by atoms with Crippen molar-refractivity contribution < 1.29 is 9.53 Å². The molecule has 1 N–H and O–H groups in total. The van der Waals surface area contributed by atoms with Crippen LogP contribution >= 0.6 is 11.6 Å². The molecular formula is C23H25ClN4O3. The molecule has 31 heavy (non-hydrogen) atoms. The van der Waals surface area contributed by atoms with Crippen LogP contribution in [0.3, 0.4) is 0 Å². The largest absolute Gasteiger partial charge is 0.379 e. The van der Waals surface area contributed by atoms with E-state index in [-0.39, 0.29) is 24.4 Å². The lowest BCUT2D eigenvalue weighted by Gasteiger charge is -2.26. The zero-order valence-electron chi connectivity index (χ0n) is 17.2. The van der Waals surface area contributed by atoms with Gasteiger partial charge in [-0.05, 0) is 18.2 Å². The molecule has 1 saturated heterocycles. The Labute approximate surface area is 185 Å². The second-order valence-corrected chi connectivity index (χ2v) is 7.92. The van der Waals surface area contributed by atoms with E-state index in [0.29, 0.717) is 22.6 Å². The summed E-state index contributed by atoms with van der Waals surface area (Å²) in [6.07, 6.45) is 0.189. The quantitative estimate of drug-likeness (QED) is 0.611. The number of fused-ring (bicyclic) bond motifs is 1. The Morgan fingerprint density at radius 3 is 2.48 bits per heavy atom. The monoisotopic (exact) mass is 440 g/mol. The molecule has 7 nitrogen and oxygen atoms in total. The smallest absolute Gasteiger partial charge is 0.274 e. The molecule has 1 fully saturated rings. The molecule has 2 heterocycles. The molecule has 0 spiro atoms. The van der Waals surface area contributed by atoms with Crippen molar-refractivity contribution in [2.45, 2.75) is 13.0 Å². The van der Waals surface area contributed by atoms with Crippen molar-refractivity contribution in [3.8, 4) is 11.3 Å². The van der Waals surface area contributed by atoms with Gasteiger partial charge in [-0.2, -0.15) is 5.10 Å². The molecule has 1 amide bonds. The first-order valence-corrected chi connectivity index (χ1v) is 10.8. The molecule has 4 rings (SSSR count). The van der Waals surface area contributed by atoms with Gasteiger partial charge in [0.05, 0.1) is 30.8 Å². The second kappa shape index (κ2) is 10.0. The highest BCUT2D eigenvalue weighted by Crippen LogP contribution is 2.25. The molecule has 0 unspecified atom stereocenters. The highest BCUT2D eigenvalue weighted by atomic mass is 35.5.